The lowest BCUT2D eigenvalue weighted by Gasteiger charge is -2.04. The molecule has 4 heteroatoms. The maximum absolute atomic E-state index is 10.6. The monoisotopic (exact) mass is 190 g/mol. The van der Waals surface area contributed by atoms with Crippen molar-refractivity contribution in [3.63, 3.8) is 0 Å². The highest BCUT2D eigenvalue weighted by Crippen LogP contribution is 2.01. The van der Waals surface area contributed by atoms with Gasteiger partial charge in [0.2, 0.25) is 0 Å². The summed E-state index contributed by atoms with van der Waals surface area (Å²) in [5.74, 6) is -0.441. The highest BCUT2D eigenvalue weighted by molar-refractivity contribution is 5.71. The quantitative estimate of drug-likeness (QED) is 0.525. The smallest absolute Gasteiger partial charge is 0.308 e. The van der Waals surface area contributed by atoms with Crippen molar-refractivity contribution < 1.29 is 19.4 Å². The maximum atomic E-state index is 10.6. The molecule has 0 amide bonds. The molecule has 1 atom stereocenters. The minimum absolute atomic E-state index is 0.0380. The summed E-state index contributed by atoms with van der Waals surface area (Å²) in [7, 11) is 1.34. The van der Waals surface area contributed by atoms with Crippen molar-refractivity contribution in [2.24, 2.45) is 5.92 Å². The Labute approximate surface area is 78.9 Å². The lowest BCUT2D eigenvalue weighted by molar-refractivity contribution is -0.145. The van der Waals surface area contributed by atoms with Crippen LogP contribution in [-0.4, -0.2) is 31.1 Å². The van der Waals surface area contributed by atoms with E-state index < -0.39 is 0 Å². The van der Waals surface area contributed by atoms with Crippen LogP contribution < -0.4 is 0 Å². The second-order valence-corrected chi connectivity index (χ2v) is 2.51. The van der Waals surface area contributed by atoms with Gasteiger partial charge in [0.1, 0.15) is 6.29 Å². The molecule has 0 rings (SSSR count). The molecule has 0 aromatic rings. The summed E-state index contributed by atoms with van der Waals surface area (Å²) in [5, 5.41) is 8.37. The predicted molar refractivity (Wildman–Crippen MR) is 49.2 cm³/mol. The van der Waals surface area contributed by atoms with E-state index in [1.165, 1.54) is 7.11 Å². The Hall–Kier alpha value is -0.900. The number of esters is 1. The first-order valence-corrected chi connectivity index (χ1v) is 4.26. The van der Waals surface area contributed by atoms with Crippen LogP contribution in [0.5, 0.6) is 0 Å². The van der Waals surface area contributed by atoms with Gasteiger partial charge in [0.05, 0.1) is 13.0 Å². The average Bonchev–Trinajstić information content (AvgIpc) is 2.17. The Morgan fingerprint density at radius 1 is 1.62 bits per heavy atom. The first-order chi connectivity index (χ1) is 6.13. The molecule has 13 heavy (non-hydrogen) atoms. The third-order valence-corrected chi connectivity index (χ3v) is 1.33. The van der Waals surface area contributed by atoms with Gasteiger partial charge in [0.25, 0.3) is 0 Å². The molecule has 78 valence electrons. The fourth-order valence-electron chi connectivity index (χ4n) is 0.513. The normalized spacial score (nSPS) is 10.8. The Bertz CT molecular complexity index is 134. The van der Waals surface area contributed by atoms with E-state index >= 15 is 0 Å². The van der Waals surface area contributed by atoms with Gasteiger partial charge in [-0.1, -0.05) is 13.8 Å². The molecule has 0 saturated carbocycles. The van der Waals surface area contributed by atoms with Crippen LogP contribution in [-0.2, 0) is 14.3 Å². The van der Waals surface area contributed by atoms with Crippen LogP contribution >= 0.6 is 0 Å². The van der Waals surface area contributed by atoms with E-state index in [1.54, 1.807) is 6.92 Å². The topological polar surface area (TPSA) is 63.6 Å². The molecule has 0 aromatic carbocycles. The van der Waals surface area contributed by atoms with Crippen molar-refractivity contribution in [1.82, 2.24) is 0 Å². The van der Waals surface area contributed by atoms with Gasteiger partial charge < -0.3 is 14.6 Å². The Balaban J connectivity index is 0. The van der Waals surface area contributed by atoms with E-state index in [1.807, 2.05) is 6.92 Å². The molecular weight excluding hydrogens is 172 g/mol. The third-order valence-electron chi connectivity index (χ3n) is 1.33. The van der Waals surface area contributed by atoms with Crippen molar-refractivity contribution in [2.75, 3.05) is 13.7 Å². The first kappa shape index (κ1) is 14.6. The number of carbonyl (C=O) groups excluding carboxylic acids is 2. The van der Waals surface area contributed by atoms with E-state index in [9.17, 15) is 9.59 Å². The summed E-state index contributed by atoms with van der Waals surface area (Å²) in [4.78, 5) is 19.7. The summed E-state index contributed by atoms with van der Waals surface area (Å²) >= 11 is 0. The van der Waals surface area contributed by atoms with E-state index in [-0.39, 0.29) is 18.5 Å². The van der Waals surface area contributed by atoms with Gasteiger partial charge in [0.15, 0.2) is 0 Å². The number of hydrogen-bond acceptors (Lipinski definition) is 4. The van der Waals surface area contributed by atoms with Crippen LogP contribution in [0.25, 0.3) is 0 Å². The van der Waals surface area contributed by atoms with E-state index in [0.29, 0.717) is 12.8 Å². The molecule has 0 bridgehead atoms. The second-order valence-electron chi connectivity index (χ2n) is 2.51. The Kier molecular flexibility index (Phi) is 12.5. The SMILES string of the molecule is CCC=O.COC(=O)C(C)CCO. The van der Waals surface area contributed by atoms with Gasteiger partial charge in [-0.2, -0.15) is 0 Å². The summed E-state index contributed by atoms with van der Waals surface area (Å²) in [5.41, 5.74) is 0. The number of ether oxygens (including phenoxy) is 1. The van der Waals surface area contributed by atoms with Crippen LogP contribution in [0.15, 0.2) is 0 Å². The molecule has 0 spiro atoms. The molecule has 0 aliphatic rings. The summed E-state index contributed by atoms with van der Waals surface area (Å²) in [6.07, 6.45) is 1.99. The summed E-state index contributed by atoms with van der Waals surface area (Å²) in [6.45, 7) is 3.57. The van der Waals surface area contributed by atoms with Gasteiger partial charge >= 0.3 is 5.97 Å². The molecule has 4 nitrogen and oxygen atoms in total. The number of aldehydes is 1. The number of aliphatic hydroxyl groups excluding tert-OH is 1. The zero-order valence-electron chi connectivity index (χ0n) is 8.45. The van der Waals surface area contributed by atoms with E-state index in [4.69, 9.17) is 5.11 Å². The number of rotatable bonds is 4. The minimum Gasteiger partial charge on any atom is -0.469 e. The third kappa shape index (κ3) is 11.1. The molecular formula is C9H18O4. The van der Waals surface area contributed by atoms with Gasteiger partial charge in [-0.3, -0.25) is 4.79 Å². The number of hydrogen-bond donors (Lipinski definition) is 1. The number of methoxy groups -OCH3 is 1. The van der Waals surface area contributed by atoms with Crippen LogP contribution in [0.2, 0.25) is 0 Å². The molecule has 1 unspecified atom stereocenters. The largest absolute Gasteiger partial charge is 0.469 e. The average molecular weight is 190 g/mol. The van der Waals surface area contributed by atoms with Crippen LogP contribution in [0.1, 0.15) is 26.7 Å². The maximum Gasteiger partial charge on any atom is 0.308 e. The van der Waals surface area contributed by atoms with Gasteiger partial charge in [-0.25, -0.2) is 0 Å². The highest BCUT2D eigenvalue weighted by Gasteiger charge is 2.10. The van der Waals surface area contributed by atoms with Crippen molar-refractivity contribution in [1.29, 1.82) is 0 Å². The Morgan fingerprint density at radius 3 is 2.31 bits per heavy atom. The molecule has 0 fully saturated rings. The van der Waals surface area contributed by atoms with Crippen molar-refractivity contribution in [2.45, 2.75) is 26.7 Å². The molecule has 1 N–H and O–H groups in total. The number of carbonyl (C=O) groups is 2. The molecule has 0 heterocycles. The fourth-order valence-corrected chi connectivity index (χ4v) is 0.513. The van der Waals surface area contributed by atoms with Gasteiger partial charge in [-0.05, 0) is 6.42 Å². The Morgan fingerprint density at radius 2 is 2.08 bits per heavy atom. The van der Waals surface area contributed by atoms with Gasteiger partial charge in [-0.15, -0.1) is 0 Å². The van der Waals surface area contributed by atoms with E-state index in [0.717, 1.165) is 6.29 Å². The fraction of sp³-hybridized carbons (Fsp3) is 0.778. The zero-order valence-corrected chi connectivity index (χ0v) is 8.45. The lowest BCUT2D eigenvalue weighted by atomic mass is 10.1. The van der Waals surface area contributed by atoms with E-state index in [2.05, 4.69) is 4.74 Å². The highest BCUT2D eigenvalue weighted by atomic mass is 16.5. The molecule has 0 saturated heterocycles. The van der Waals surface area contributed by atoms with Crippen molar-refractivity contribution in [3.8, 4) is 0 Å². The predicted octanol–water partition coefficient (Wildman–Crippen LogP) is 0.773. The molecule has 0 aliphatic carbocycles. The standard InChI is InChI=1S/C6H12O3.C3H6O/c1-5(3-4-7)6(8)9-2;1-2-3-4/h5,7H,3-4H2,1-2H3;3H,2H2,1H3. The zero-order chi connectivity index (χ0) is 10.7. The first-order valence-electron chi connectivity index (χ1n) is 4.26. The summed E-state index contributed by atoms with van der Waals surface area (Å²) in [6, 6.07) is 0. The molecule has 0 radical (unpaired) electrons. The van der Waals surface area contributed by atoms with Crippen LogP contribution in [0.4, 0.5) is 0 Å². The molecule has 0 aliphatic heterocycles. The van der Waals surface area contributed by atoms with Crippen LogP contribution in [0, 0.1) is 5.92 Å². The van der Waals surface area contributed by atoms with Gasteiger partial charge in [0, 0.05) is 13.0 Å². The van der Waals surface area contributed by atoms with Crippen molar-refractivity contribution >= 4 is 12.3 Å². The lowest BCUT2D eigenvalue weighted by Crippen LogP contribution is -2.13. The number of aliphatic hydroxyl groups is 1. The van der Waals surface area contributed by atoms with Crippen molar-refractivity contribution in [3.05, 3.63) is 0 Å². The molecule has 0 aromatic heterocycles. The minimum atomic E-state index is -0.260. The van der Waals surface area contributed by atoms with Crippen LogP contribution in [0.3, 0.4) is 0 Å². The summed E-state index contributed by atoms with van der Waals surface area (Å²) < 4.78 is 4.41. The second kappa shape index (κ2) is 11.1.